The summed E-state index contributed by atoms with van der Waals surface area (Å²) in [5.41, 5.74) is 2.39. The smallest absolute Gasteiger partial charge is 0.237 e. The topological polar surface area (TPSA) is 49.4 Å². The van der Waals surface area contributed by atoms with E-state index in [9.17, 15) is 9.59 Å². The highest BCUT2D eigenvalue weighted by molar-refractivity contribution is 6.08. The van der Waals surface area contributed by atoms with E-state index in [1.807, 2.05) is 49.5 Å². The zero-order chi connectivity index (χ0) is 19.4. The molecule has 0 radical (unpaired) electrons. The van der Waals surface area contributed by atoms with Crippen LogP contribution in [0.3, 0.4) is 0 Å². The molecule has 0 aliphatic carbocycles. The van der Waals surface area contributed by atoms with Gasteiger partial charge in [-0.1, -0.05) is 62.4 Å². The largest absolute Gasteiger partial charge is 0.356 e. The van der Waals surface area contributed by atoms with E-state index >= 15 is 0 Å². The van der Waals surface area contributed by atoms with Crippen LogP contribution < -0.4 is 10.2 Å². The fraction of sp³-hybridized carbons (Fsp3) is 0.391. The van der Waals surface area contributed by atoms with Gasteiger partial charge in [-0.3, -0.25) is 9.59 Å². The van der Waals surface area contributed by atoms with E-state index in [1.165, 1.54) is 0 Å². The molecule has 1 aliphatic rings. The first-order valence-corrected chi connectivity index (χ1v) is 9.62. The molecule has 0 fully saturated rings. The summed E-state index contributed by atoms with van der Waals surface area (Å²) in [5.74, 6) is 0.493. The predicted molar refractivity (Wildman–Crippen MR) is 109 cm³/mol. The van der Waals surface area contributed by atoms with Gasteiger partial charge in [-0.25, -0.2) is 0 Å². The maximum atomic E-state index is 13.4. The van der Waals surface area contributed by atoms with E-state index < -0.39 is 5.41 Å². The fourth-order valence-corrected chi connectivity index (χ4v) is 3.89. The van der Waals surface area contributed by atoms with Crippen molar-refractivity contribution in [2.24, 2.45) is 5.92 Å². The molecule has 0 saturated carbocycles. The number of amides is 2. The molecule has 27 heavy (non-hydrogen) atoms. The van der Waals surface area contributed by atoms with E-state index in [4.69, 9.17) is 0 Å². The van der Waals surface area contributed by atoms with Gasteiger partial charge in [-0.05, 0) is 36.0 Å². The van der Waals surface area contributed by atoms with Crippen LogP contribution in [0.5, 0.6) is 0 Å². The number of carbonyl (C=O) groups excluding carboxylic acids is 2. The van der Waals surface area contributed by atoms with Crippen molar-refractivity contribution in [3.8, 4) is 0 Å². The Morgan fingerprint density at radius 2 is 1.74 bits per heavy atom. The lowest BCUT2D eigenvalue weighted by Gasteiger charge is -2.28. The quantitative estimate of drug-likeness (QED) is 0.814. The molecule has 4 nitrogen and oxygen atoms in total. The number of hydrogen-bond donors (Lipinski definition) is 1. The summed E-state index contributed by atoms with van der Waals surface area (Å²) >= 11 is 0. The van der Waals surface area contributed by atoms with Crippen LogP contribution in [0.4, 0.5) is 5.69 Å². The zero-order valence-electron chi connectivity index (χ0n) is 16.4. The number of fused-ring (bicyclic) bond motifs is 1. The van der Waals surface area contributed by atoms with Gasteiger partial charge in [0.05, 0.1) is 5.41 Å². The van der Waals surface area contributed by atoms with Gasteiger partial charge in [-0.2, -0.15) is 0 Å². The molecule has 0 bridgehead atoms. The van der Waals surface area contributed by atoms with Gasteiger partial charge in [0, 0.05) is 25.7 Å². The summed E-state index contributed by atoms with van der Waals surface area (Å²) in [6.07, 6.45) is 1.45. The average Bonchev–Trinajstić information content (AvgIpc) is 2.88. The Hall–Kier alpha value is -2.62. The Balaban J connectivity index is 1.91. The summed E-state index contributed by atoms with van der Waals surface area (Å²) in [6.45, 7) is 4.81. The number of nitrogens with zero attached hydrogens (tertiary/aromatic N) is 1. The van der Waals surface area contributed by atoms with E-state index in [0.717, 1.165) is 16.8 Å². The molecule has 1 unspecified atom stereocenters. The predicted octanol–water partition coefficient (Wildman–Crippen LogP) is 3.70. The van der Waals surface area contributed by atoms with Crippen molar-refractivity contribution in [1.29, 1.82) is 0 Å². The number of nitrogens with one attached hydrogen (secondary N) is 1. The van der Waals surface area contributed by atoms with Crippen LogP contribution in [-0.2, 0) is 21.4 Å². The molecule has 142 valence electrons. The first kappa shape index (κ1) is 19.2. The maximum absolute atomic E-state index is 13.4. The van der Waals surface area contributed by atoms with Crippen LogP contribution in [-0.4, -0.2) is 25.4 Å². The van der Waals surface area contributed by atoms with Gasteiger partial charge in [0.2, 0.25) is 11.8 Å². The molecule has 2 aromatic carbocycles. The zero-order valence-corrected chi connectivity index (χ0v) is 16.4. The van der Waals surface area contributed by atoms with Crippen LogP contribution in [0.15, 0.2) is 54.6 Å². The fourth-order valence-electron chi connectivity index (χ4n) is 3.89. The number of likely N-dealkylation sites (N-methyl/N-ethyl adjacent to an activating group) is 1. The second-order valence-electron chi connectivity index (χ2n) is 7.82. The number of para-hydroxylation sites is 1. The minimum absolute atomic E-state index is 0.0102. The minimum Gasteiger partial charge on any atom is -0.356 e. The highest BCUT2D eigenvalue weighted by atomic mass is 16.2. The van der Waals surface area contributed by atoms with E-state index in [2.05, 4.69) is 31.3 Å². The lowest BCUT2D eigenvalue weighted by Crippen LogP contribution is -2.41. The molecule has 1 heterocycles. The van der Waals surface area contributed by atoms with E-state index in [-0.39, 0.29) is 11.8 Å². The third-order valence-corrected chi connectivity index (χ3v) is 5.33. The highest BCUT2D eigenvalue weighted by Gasteiger charge is 2.49. The van der Waals surface area contributed by atoms with Crippen molar-refractivity contribution in [1.82, 2.24) is 5.32 Å². The first-order valence-electron chi connectivity index (χ1n) is 9.62. The van der Waals surface area contributed by atoms with Crippen molar-refractivity contribution in [2.45, 2.75) is 38.5 Å². The standard InChI is InChI=1S/C23H28N2O2/c1-17(2)16-24-21(26)13-14-23(15-18-9-5-4-6-10-18)19-11-7-8-12-20(19)25(3)22(23)27/h4-12,17H,13-16H2,1-3H3,(H,24,26). The van der Waals surface area contributed by atoms with Gasteiger partial charge in [0.25, 0.3) is 0 Å². The van der Waals surface area contributed by atoms with Crippen molar-refractivity contribution in [3.05, 3.63) is 65.7 Å². The van der Waals surface area contributed by atoms with E-state index in [1.54, 1.807) is 4.90 Å². The molecular formula is C23H28N2O2. The number of benzene rings is 2. The van der Waals surface area contributed by atoms with Crippen LogP contribution >= 0.6 is 0 Å². The Morgan fingerprint density at radius 3 is 2.44 bits per heavy atom. The third kappa shape index (κ3) is 3.90. The SMILES string of the molecule is CC(C)CNC(=O)CCC1(Cc2ccccc2)C(=O)N(C)c2ccccc21. The number of rotatable bonds is 7. The summed E-state index contributed by atoms with van der Waals surface area (Å²) in [5, 5.41) is 2.97. The molecule has 0 saturated heterocycles. The molecule has 0 spiro atoms. The van der Waals surface area contributed by atoms with E-state index in [0.29, 0.717) is 31.7 Å². The van der Waals surface area contributed by atoms with Crippen molar-refractivity contribution in [3.63, 3.8) is 0 Å². The highest BCUT2D eigenvalue weighted by Crippen LogP contribution is 2.46. The monoisotopic (exact) mass is 364 g/mol. The second kappa shape index (κ2) is 7.95. The number of hydrogen-bond acceptors (Lipinski definition) is 2. The van der Waals surface area contributed by atoms with Crippen molar-refractivity contribution >= 4 is 17.5 Å². The van der Waals surface area contributed by atoms with Gasteiger partial charge in [-0.15, -0.1) is 0 Å². The molecule has 1 aliphatic heterocycles. The second-order valence-corrected chi connectivity index (χ2v) is 7.82. The number of anilines is 1. The van der Waals surface area contributed by atoms with Gasteiger partial charge < -0.3 is 10.2 Å². The van der Waals surface area contributed by atoms with Gasteiger partial charge in [0.15, 0.2) is 0 Å². The lowest BCUT2D eigenvalue weighted by atomic mass is 9.73. The first-order chi connectivity index (χ1) is 12.9. The minimum atomic E-state index is -0.693. The Labute approximate surface area is 161 Å². The molecule has 1 N–H and O–H groups in total. The Bertz CT molecular complexity index is 816. The summed E-state index contributed by atoms with van der Waals surface area (Å²) in [7, 11) is 1.83. The Morgan fingerprint density at radius 1 is 1.07 bits per heavy atom. The normalized spacial score (nSPS) is 18.7. The summed E-state index contributed by atoms with van der Waals surface area (Å²) in [6, 6.07) is 18.0. The average molecular weight is 364 g/mol. The van der Waals surface area contributed by atoms with Crippen LogP contribution in [0.2, 0.25) is 0 Å². The lowest BCUT2D eigenvalue weighted by molar-refractivity contribution is -0.124. The molecule has 2 amide bonds. The Kier molecular flexibility index (Phi) is 5.64. The molecule has 2 aromatic rings. The van der Waals surface area contributed by atoms with Crippen LogP contribution in [0, 0.1) is 5.92 Å². The summed E-state index contributed by atoms with van der Waals surface area (Å²) in [4.78, 5) is 27.5. The van der Waals surface area contributed by atoms with Crippen molar-refractivity contribution < 1.29 is 9.59 Å². The molecule has 3 rings (SSSR count). The molecule has 0 aromatic heterocycles. The molecular weight excluding hydrogens is 336 g/mol. The van der Waals surface area contributed by atoms with Gasteiger partial charge >= 0.3 is 0 Å². The number of carbonyl (C=O) groups is 2. The van der Waals surface area contributed by atoms with Crippen LogP contribution in [0.25, 0.3) is 0 Å². The third-order valence-electron chi connectivity index (χ3n) is 5.33. The van der Waals surface area contributed by atoms with Crippen LogP contribution in [0.1, 0.15) is 37.8 Å². The molecule has 4 heteroatoms. The molecule has 1 atom stereocenters. The van der Waals surface area contributed by atoms with Gasteiger partial charge in [0.1, 0.15) is 0 Å². The maximum Gasteiger partial charge on any atom is 0.237 e. The van der Waals surface area contributed by atoms with Crippen molar-refractivity contribution in [2.75, 3.05) is 18.5 Å². The summed E-state index contributed by atoms with van der Waals surface area (Å²) < 4.78 is 0.